The predicted molar refractivity (Wildman–Crippen MR) is 119 cm³/mol. The van der Waals surface area contributed by atoms with Crippen LogP contribution in [0.5, 0.6) is 0 Å². The van der Waals surface area contributed by atoms with Gasteiger partial charge in [0, 0.05) is 5.69 Å². The van der Waals surface area contributed by atoms with Gasteiger partial charge in [-0.25, -0.2) is 14.8 Å². The minimum atomic E-state index is -0.259. The summed E-state index contributed by atoms with van der Waals surface area (Å²) in [6, 6.07) is 14.8. The molecule has 0 aliphatic carbocycles. The second-order valence-electron chi connectivity index (χ2n) is 7.20. The zero-order valence-electron chi connectivity index (χ0n) is 16.4. The Balaban J connectivity index is 1.54. The Hall–Kier alpha value is -4.31. The van der Waals surface area contributed by atoms with E-state index in [4.69, 9.17) is 5.73 Å². The van der Waals surface area contributed by atoms with Crippen molar-refractivity contribution in [3.8, 4) is 11.4 Å². The summed E-state index contributed by atoms with van der Waals surface area (Å²) in [5.74, 6) is 1.17. The lowest BCUT2D eigenvalue weighted by atomic mass is 10.2. The quantitative estimate of drug-likeness (QED) is 0.250. The van der Waals surface area contributed by atoms with E-state index in [2.05, 4.69) is 25.8 Å². The number of hydrogen-bond acceptors (Lipinski definition) is 7. The van der Waals surface area contributed by atoms with Crippen molar-refractivity contribution in [1.29, 1.82) is 0 Å². The van der Waals surface area contributed by atoms with Gasteiger partial charge in [0.25, 0.3) is 0 Å². The largest absolute Gasteiger partial charge is 0.399 e. The molecule has 3 heterocycles. The highest BCUT2D eigenvalue weighted by atomic mass is 16.5. The number of H-pyrrole nitrogens is 1. The molecule has 0 radical (unpaired) electrons. The minimum absolute atomic E-state index is 0.259. The second-order valence-corrected chi connectivity index (χ2v) is 7.20. The number of nitrogen functional groups attached to an aromatic ring is 1. The van der Waals surface area contributed by atoms with Gasteiger partial charge in [0.05, 0.1) is 31.4 Å². The molecular formula is C21H20N8O2. The molecule has 1 aliphatic heterocycles. The monoisotopic (exact) mass is 416 g/mol. The first-order valence-electron chi connectivity index (χ1n) is 9.64. The van der Waals surface area contributed by atoms with Crippen molar-refractivity contribution < 1.29 is 5.21 Å². The van der Waals surface area contributed by atoms with Gasteiger partial charge < -0.3 is 20.6 Å². The Morgan fingerprint density at radius 3 is 2.84 bits per heavy atom. The Kier molecular flexibility index (Phi) is 4.53. The first-order chi connectivity index (χ1) is 15.1. The fourth-order valence-electron chi connectivity index (χ4n) is 3.73. The number of rotatable bonds is 5. The zero-order valence-corrected chi connectivity index (χ0v) is 16.4. The number of nitrogens with one attached hydrogen (secondary N) is 3. The van der Waals surface area contributed by atoms with E-state index in [0.717, 1.165) is 11.1 Å². The van der Waals surface area contributed by atoms with Crippen molar-refractivity contribution in [2.24, 2.45) is 4.99 Å². The lowest BCUT2D eigenvalue weighted by Crippen LogP contribution is -2.19. The summed E-state index contributed by atoms with van der Waals surface area (Å²) >= 11 is 0. The Morgan fingerprint density at radius 1 is 1.13 bits per heavy atom. The molecule has 4 aromatic rings. The summed E-state index contributed by atoms with van der Waals surface area (Å²) in [5.41, 5.74) is 12.0. The molecule has 31 heavy (non-hydrogen) atoms. The lowest BCUT2D eigenvalue weighted by molar-refractivity contribution is 0.388. The molecule has 0 spiro atoms. The Morgan fingerprint density at radius 2 is 2.00 bits per heavy atom. The molecule has 0 saturated heterocycles. The van der Waals surface area contributed by atoms with E-state index in [-0.39, 0.29) is 5.69 Å². The predicted octanol–water partition coefficient (Wildman–Crippen LogP) is 2.61. The fraction of sp³-hybridized carbons (Fsp3) is 0.0952. The van der Waals surface area contributed by atoms with Crippen molar-refractivity contribution in [2.45, 2.75) is 13.1 Å². The van der Waals surface area contributed by atoms with Crippen molar-refractivity contribution in [3.63, 3.8) is 0 Å². The molecular weight excluding hydrogens is 396 g/mol. The summed E-state index contributed by atoms with van der Waals surface area (Å²) < 4.78 is 3.45. The van der Waals surface area contributed by atoms with Crippen LogP contribution in [0.4, 0.5) is 23.0 Å². The number of hydrogen-bond donors (Lipinski definition) is 5. The van der Waals surface area contributed by atoms with Crippen LogP contribution in [0.15, 0.2) is 64.6 Å². The van der Waals surface area contributed by atoms with Crippen LogP contribution in [0.25, 0.3) is 11.4 Å². The lowest BCUT2D eigenvalue weighted by Gasteiger charge is -2.09. The van der Waals surface area contributed by atoms with Crippen LogP contribution in [0.2, 0.25) is 0 Å². The number of aromatic nitrogens is 4. The van der Waals surface area contributed by atoms with Gasteiger partial charge in [-0.05, 0) is 29.3 Å². The third-order valence-corrected chi connectivity index (χ3v) is 5.19. The van der Waals surface area contributed by atoms with Gasteiger partial charge in [-0.15, -0.1) is 0 Å². The number of para-hydroxylation sites is 1. The van der Waals surface area contributed by atoms with Crippen LogP contribution in [-0.2, 0) is 13.1 Å². The average Bonchev–Trinajstić information content (AvgIpc) is 3.23. The molecule has 0 saturated carbocycles. The van der Waals surface area contributed by atoms with Crippen LogP contribution in [0, 0.1) is 0 Å². The highest BCUT2D eigenvalue weighted by Crippen LogP contribution is 2.35. The minimum Gasteiger partial charge on any atom is -0.399 e. The number of aliphatic imine (C=N–C) groups is 1. The normalized spacial score (nSPS) is 12.0. The van der Waals surface area contributed by atoms with Crippen LogP contribution >= 0.6 is 0 Å². The van der Waals surface area contributed by atoms with Gasteiger partial charge in [-0.1, -0.05) is 30.3 Å². The van der Waals surface area contributed by atoms with Gasteiger partial charge in [-0.3, -0.25) is 15.3 Å². The zero-order chi connectivity index (χ0) is 21.4. The van der Waals surface area contributed by atoms with Crippen molar-refractivity contribution in [3.05, 3.63) is 76.5 Å². The van der Waals surface area contributed by atoms with E-state index in [9.17, 15) is 10.0 Å². The highest BCUT2D eigenvalue weighted by molar-refractivity contribution is 5.90. The number of nitrogens with two attached hydrogens (primary N) is 1. The van der Waals surface area contributed by atoms with Crippen molar-refractivity contribution in [1.82, 2.24) is 19.1 Å². The van der Waals surface area contributed by atoms with Crippen LogP contribution < -0.4 is 22.2 Å². The Labute approximate surface area is 176 Å². The first kappa shape index (κ1) is 18.7. The number of anilines is 3. The molecule has 0 fully saturated rings. The molecule has 6 N–H and O–H groups in total. The number of aromatic amines is 1. The van der Waals surface area contributed by atoms with Crippen molar-refractivity contribution in [2.75, 3.05) is 16.5 Å². The smallest absolute Gasteiger partial charge is 0.327 e. The maximum atomic E-state index is 12.7. The second kappa shape index (κ2) is 7.50. The maximum Gasteiger partial charge on any atom is 0.327 e. The fourth-order valence-corrected chi connectivity index (χ4v) is 3.73. The third-order valence-electron chi connectivity index (χ3n) is 5.19. The van der Waals surface area contributed by atoms with Gasteiger partial charge in [-0.2, -0.15) is 0 Å². The number of nitrogens with zero attached hydrogens (tertiary/aromatic N) is 4. The highest BCUT2D eigenvalue weighted by Gasteiger charge is 2.24. The topological polar surface area (TPSA) is 138 Å². The molecule has 1 aliphatic rings. The SMILES string of the molecule is Nc1cccc(Cn2c3c([nH]c2=O)-c2ncn(Cc4ccccc4NO)c2N=CN3)c1. The maximum absolute atomic E-state index is 12.7. The van der Waals surface area contributed by atoms with Crippen LogP contribution in [0.1, 0.15) is 11.1 Å². The van der Waals surface area contributed by atoms with E-state index < -0.39 is 0 Å². The van der Waals surface area contributed by atoms with E-state index in [1.165, 1.54) is 0 Å². The van der Waals surface area contributed by atoms with E-state index in [1.807, 2.05) is 41.0 Å². The number of fused-ring (bicyclic) bond motifs is 3. The standard InChI is InChI=1S/C21H20N8O2/c22-15-6-3-4-13(8-15)9-29-20-18(26-21(29)30)17-19(23-11-24-20)28(12-25-17)10-14-5-1-2-7-16(14)27-31/h1-8,11-12,27,31H,9-10,22H2,(H,23,24)(H,26,30). The van der Waals surface area contributed by atoms with E-state index in [0.29, 0.717) is 47.5 Å². The summed E-state index contributed by atoms with van der Waals surface area (Å²) in [4.78, 5) is 24.6. The summed E-state index contributed by atoms with van der Waals surface area (Å²) in [6.07, 6.45) is 3.21. The molecule has 0 bridgehead atoms. The van der Waals surface area contributed by atoms with E-state index in [1.54, 1.807) is 29.4 Å². The van der Waals surface area contributed by atoms with Gasteiger partial charge >= 0.3 is 5.69 Å². The van der Waals surface area contributed by atoms with Gasteiger partial charge in [0.2, 0.25) is 0 Å². The molecule has 0 unspecified atom stereocenters. The molecule has 156 valence electrons. The van der Waals surface area contributed by atoms with E-state index >= 15 is 0 Å². The van der Waals surface area contributed by atoms with Crippen LogP contribution in [0.3, 0.4) is 0 Å². The first-order valence-corrected chi connectivity index (χ1v) is 9.64. The number of imidazole rings is 2. The molecule has 2 aromatic carbocycles. The molecule has 0 amide bonds. The molecule has 10 nitrogen and oxygen atoms in total. The molecule has 5 rings (SSSR count). The summed E-state index contributed by atoms with van der Waals surface area (Å²) in [6.45, 7) is 0.787. The van der Waals surface area contributed by atoms with Gasteiger partial charge in [0.1, 0.15) is 17.2 Å². The molecule has 2 aromatic heterocycles. The average molecular weight is 416 g/mol. The molecule has 0 atom stereocenters. The number of benzene rings is 2. The van der Waals surface area contributed by atoms with Gasteiger partial charge in [0.15, 0.2) is 5.82 Å². The third kappa shape index (κ3) is 3.34. The summed E-state index contributed by atoms with van der Waals surface area (Å²) in [5, 5.41) is 12.5. The van der Waals surface area contributed by atoms with Crippen molar-refractivity contribution >= 4 is 29.3 Å². The van der Waals surface area contributed by atoms with Crippen LogP contribution in [-0.4, -0.2) is 30.6 Å². The molecule has 10 heteroatoms. The summed E-state index contributed by atoms with van der Waals surface area (Å²) in [7, 11) is 0. The Bertz CT molecular complexity index is 1350.